The van der Waals surface area contributed by atoms with Crippen LogP contribution in [-0.2, 0) is 11.3 Å². The number of carbonyl (C=O) groups excluding carboxylic acids is 1. The number of hydrogen-bond acceptors (Lipinski definition) is 5. The summed E-state index contributed by atoms with van der Waals surface area (Å²) >= 11 is 0. The Morgan fingerprint density at radius 1 is 0.917 bits per heavy atom. The molecule has 7 heteroatoms. The lowest BCUT2D eigenvalue weighted by molar-refractivity contribution is -0.134. The quantitative estimate of drug-likeness (QED) is 0.499. The number of hydrogen-bond donors (Lipinski definition) is 0. The van der Waals surface area contributed by atoms with Crippen molar-refractivity contribution in [3.05, 3.63) is 101 Å². The first kappa shape index (κ1) is 24.2. The van der Waals surface area contributed by atoms with Gasteiger partial charge in [-0.25, -0.2) is 9.40 Å². The summed E-state index contributed by atoms with van der Waals surface area (Å²) in [5.41, 5.74) is 3.93. The molecule has 2 aliphatic heterocycles. The van der Waals surface area contributed by atoms with E-state index in [0.717, 1.165) is 55.3 Å². The molecule has 0 radical (unpaired) electrons. The molecule has 1 amide bonds. The number of carbonyl (C=O) groups is 1. The maximum atomic E-state index is 13.5. The number of nitrogens with zero attached hydrogens (tertiary/aromatic N) is 4. The fourth-order valence-electron chi connectivity index (χ4n) is 4.85. The SMILES string of the molecule is COc1ccc([C@@H]2CC(c3ccc(F)cc3)=NN2C(=O)CN2CCN(Cc3ccccc3)CC2)cc1. The number of benzene rings is 3. The van der Waals surface area contributed by atoms with Gasteiger partial charge in [-0.2, -0.15) is 5.10 Å². The minimum Gasteiger partial charge on any atom is -0.497 e. The van der Waals surface area contributed by atoms with Crippen LogP contribution in [0.1, 0.15) is 29.2 Å². The first-order valence-electron chi connectivity index (χ1n) is 12.4. The van der Waals surface area contributed by atoms with E-state index in [1.807, 2.05) is 30.3 Å². The zero-order valence-electron chi connectivity index (χ0n) is 20.5. The number of piperazine rings is 1. The van der Waals surface area contributed by atoms with E-state index < -0.39 is 0 Å². The first-order valence-corrected chi connectivity index (χ1v) is 12.4. The Balaban J connectivity index is 1.27. The molecule has 3 aromatic carbocycles. The van der Waals surface area contributed by atoms with Crippen LogP contribution in [0.2, 0.25) is 0 Å². The van der Waals surface area contributed by atoms with Gasteiger partial charge in [0.25, 0.3) is 5.91 Å². The molecule has 1 atom stereocenters. The molecule has 0 bridgehead atoms. The van der Waals surface area contributed by atoms with Crippen molar-refractivity contribution in [2.75, 3.05) is 39.8 Å². The molecule has 6 nitrogen and oxygen atoms in total. The Morgan fingerprint density at radius 3 is 2.25 bits per heavy atom. The average molecular weight is 487 g/mol. The van der Waals surface area contributed by atoms with Crippen molar-refractivity contribution in [3.63, 3.8) is 0 Å². The van der Waals surface area contributed by atoms with E-state index in [2.05, 4.69) is 34.1 Å². The van der Waals surface area contributed by atoms with Crippen LogP contribution < -0.4 is 4.74 Å². The lowest BCUT2D eigenvalue weighted by atomic mass is 9.98. The Bertz CT molecular complexity index is 1190. The summed E-state index contributed by atoms with van der Waals surface area (Å²) in [5, 5.41) is 6.36. The standard InChI is InChI=1S/C29H31FN4O2/c1-36-26-13-9-24(10-14-26)28-19-27(23-7-11-25(30)12-8-23)31-34(28)29(35)21-33-17-15-32(16-18-33)20-22-5-3-2-4-6-22/h2-14,28H,15-21H2,1H3/t28-/m0/s1. The molecule has 0 aliphatic carbocycles. The lowest BCUT2D eigenvalue weighted by Gasteiger charge is -2.35. The fourth-order valence-corrected chi connectivity index (χ4v) is 4.85. The number of hydrazone groups is 1. The second kappa shape index (κ2) is 11.0. The molecule has 0 unspecified atom stereocenters. The number of rotatable bonds is 7. The van der Waals surface area contributed by atoms with Crippen molar-refractivity contribution >= 4 is 11.6 Å². The highest BCUT2D eigenvalue weighted by Gasteiger charge is 2.34. The van der Waals surface area contributed by atoms with Gasteiger partial charge in [0.1, 0.15) is 11.6 Å². The second-order valence-corrected chi connectivity index (χ2v) is 9.32. The summed E-state index contributed by atoms with van der Waals surface area (Å²) in [7, 11) is 1.63. The van der Waals surface area contributed by atoms with Crippen LogP contribution in [0.4, 0.5) is 4.39 Å². The molecule has 2 heterocycles. The van der Waals surface area contributed by atoms with Crippen molar-refractivity contribution in [2.24, 2.45) is 5.10 Å². The topological polar surface area (TPSA) is 48.4 Å². The Hall–Kier alpha value is -3.55. The number of halogens is 1. The first-order chi connectivity index (χ1) is 17.6. The molecule has 0 saturated carbocycles. The van der Waals surface area contributed by atoms with Crippen molar-refractivity contribution in [2.45, 2.75) is 19.0 Å². The second-order valence-electron chi connectivity index (χ2n) is 9.32. The molecule has 1 saturated heterocycles. The van der Waals surface area contributed by atoms with Gasteiger partial charge < -0.3 is 4.74 Å². The van der Waals surface area contributed by atoms with E-state index in [1.165, 1.54) is 17.7 Å². The normalized spacial score (nSPS) is 18.8. The zero-order valence-corrected chi connectivity index (χ0v) is 20.5. The van der Waals surface area contributed by atoms with Crippen LogP contribution in [0, 0.1) is 5.82 Å². The number of amides is 1. The van der Waals surface area contributed by atoms with Gasteiger partial charge in [0.2, 0.25) is 0 Å². The summed E-state index contributed by atoms with van der Waals surface area (Å²) in [6.45, 7) is 4.79. The van der Waals surface area contributed by atoms with Crippen molar-refractivity contribution in [1.29, 1.82) is 0 Å². The highest BCUT2D eigenvalue weighted by Crippen LogP contribution is 2.34. The average Bonchev–Trinajstić information content (AvgIpc) is 3.37. The maximum Gasteiger partial charge on any atom is 0.257 e. The molecule has 2 aliphatic rings. The van der Waals surface area contributed by atoms with E-state index in [9.17, 15) is 9.18 Å². The van der Waals surface area contributed by atoms with Crippen LogP contribution in [0.15, 0.2) is 84.0 Å². The fraction of sp³-hybridized carbons (Fsp3) is 0.310. The molecule has 186 valence electrons. The molecule has 1 fully saturated rings. The Labute approximate surface area is 211 Å². The summed E-state index contributed by atoms with van der Waals surface area (Å²) < 4.78 is 18.8. The summed E-state index contributed by atoms with van der Waals surface area (Å²) in [5.74, 6) is 0.454. The smallest absolute Gasteiger partial charge is 0.257 e. The van der Waals surface area contributed by atoms with Gasteiger partial charge in [0, 0.05) is 39.1 Å². The monoisotopic (exact) mass is 486 g/mol. The minimum atomic E-state index is -0.289. The molecular weight excluding hydrogens is 455 g/mol. The molecule has 0 N–H and O–H groups in total. The predicted molar refractivity (Wildman–Crippen MR) is 138 cm³/mol. The third-order valence-electron chi connectivity index (χ3n) is 6.92. The van der Waals surface area contributed by atoms with E-state index in [0.29, 0.717) is 13.0 Å². The highest BCUT2D eigenvalue weighted by atomic mass is 19.1. The van der Waals surface area contributed by atoms with Crippen molar-refractivity contribution < 1.29 is 13.9 Å². The van der Waals surface area contributed by atoms with Crippen LogP contribution in [0.3, 0.4) is 0 Å². The predicted octanol–water partition coefficient (Wildman–Crippen LogP) is 4.33. The zero-order chi connectivity index (χ0) is 24.9. The summed E-state index contributed by atoms with van der Waals surface area (Å²) in [4.78, 5) is 18.1. The summed E-state index contributed by atoms with van der Waals surface area (Å²) in [6, 6.07) is 24.3. The molecule has 0 spiro atoms. The Kier molecular flexibility index (Phi) is 7.39. The largest absolute Gasteiger partial charge is 0.497 e. The molecule has 0 aromatic heterocycles. The third-order valence-corrected chi connectivity index (χ3v) is 6.92. The van der Waals surface area contributed by atoms with E-state index >= 15 is 0 Å². The highest BCUT2D eigenvalue weighted by molar-refractivity contribution is 6.03. The van der Waals surface area contributed by atoms with Gasteiger partial charge in [0.15, 0.2) is 0 Å². The number of methoxy groups -OCH3 is 1. The van der Waals surface area contributed by atoms with Crippen LogP contribution in [0.25, 0.3) is 0 Å². The van der Waals surface area contributed by atoms with Crippen LogP contribution >= 0.6 is 0 Å². The van der Waals surface area contributed by atoms with Gasteiger partial charge in [-0.3, -0.25) is 14.6 Å². The van der Waals surface area contributed by atoms with Crippen molar-refractivity contribution in [1.82, 2.24) is 14.8 Å². The molecule has 3 aromatic rings. The van der Waals surface area contributed by atoms with Gasteiger partial charge in [-0.1, -0.05) is 54.6 Å². The molecule has 36 heavy (non-hydrogen) atoms. The van der Waals surface area contributed by atoms with Gasteiger partial charge in [-0.05, 0) is 41.0 Å². The summed E-state index contributed by atoms with van der Waals surface area (Å²) in [6.07, 6.45) is 0.578. The van der Waals surface area contributed by atoms with E-state index in [4.69, 9.17) is 9.84 Å². The minimum absolute atomic E-state index is 0.0237. The van der Waals surface area contributed by atoms with E-state index in [-0.39, 0.29) is 17.8 Å². The van der Waals surface area contributed by atoms with Crippen molar-refractivity contribution in [3.8, 4) is 5.75 Å². The maximum absolute atomic E-state index is 13.5. The number of ether oxygens (including phenoxy) is 1. The van der Waals surface area contributed by atoms with Gasteiger partial charge in [-0.15, -0.1) is 0 Å². The molecular formula is C29H31FN4O2. The lowest BCUT2D eigenvalue weighted by Crippen LogP contribution is -2.49. The van der Waals surface area contributed by atoms with E-state index in [1.54, 1.807) is 24.3 Å². The van der Waals surface area contributed by atoms with Gasteiger partial charge >= 0.3 is 0 Å². The third kappa shape index (κ3) is 5.64. The van der Waals surface area contributed by atoms with Crippen LogP contribution in [-0.4, -0.2) is 66.3 Å². The molecule has 5 rings (SSSR count). The van der Waals surface area contributed by atoms with Crippen LogP contribution in [0.5, 0.6) is 5.75 Å². The Morgan fingerprint density at radius 2 is 1.58 bits per heavy atom. The van der Waals surface area contributed by atoms with Gasteiger partial charge in [0.05, 0.1) is 25.4 Å².